The van der Waals surface area contributed by atoms with E-state index < -0.39 is 18.7 Å². The minimum atomic E-state index is -1.07. The van der Waals surface area contributed by atoms with Crippen LogP contribution in [0.3, 0.4) is 0 Å². The largest absolute Gasteiger partial charge is 0.482 e. The highest BCUT2D eigenvalue weighted by molar-refractivity contribution is 5.70. The van der Waals surface area contributed by atoms with E-state index in [2.05, 4.69) is 5.43 Å². The normalized spacial score (nSPS) is 15.2. The van der Waals surface area contributed by atoms with E-state index in [0.717, 1.165) is 25.9 Å². The minimum absolute atomic E-state index is 0.299. The summed E-state index contributed by atoms with van der Waals surface area (Å²) >= 11 is 0. The van der Waals surface area contributed by atoms with Gasteiger partial charge in [-0.3, -0.25) is 5.43 Å². The molecule has 114 valence electrons. The van der Waals surface area contributed by atoms with Gasteiger partial charge in [-0.2, -0.15) is 0 Å². The maximum atomic E-state index is 11.7. The van der Waals surface area contributed by atoms with Gasteiger partial charge in [-0.25, -0.2) is 14.6 Å². The van der Waals surface area contributed by atoms with Gasteiger partial charge in [-0.1, -0.05) is 12.5 Å². The van der Waals surface area contributed by atoms with Crippen LogP contribution < -0.4 is 14.9 Å². The molecule has 1 aromatic rings. The molecule has 1 fully saturated rings. The van der Waals surface area contributed by atoms with Gasteiger partial charge < -0.3 is 14.6 Å². The highest BCUT2D eigenvalue weighted by atomic mass is 16.6. The maximum Gasteiger partial charge on any atom is 0.427 e. The topological polar surface area (TPSA) is 88.1 Å². The molecule has 0 unspecified atom stereocenters. The van der Waals surface area contributed by atoms with Gasteiger partial charge in [0.25, 0.3) is 0 Å². The second-order valence-corrected chi connectivity index (χ2v) is 4.71. The van der Waals surface area contributed by atoms with Crippen molar-refractivity contribution in [3.8, 4) is 11.5 Å². The van der Waals surface area contributed by atoms with Gasteiger partial charge in [-0.15, -0.1) is 0 Å². The Bertz CT molecular complexity index is 500. The SMILES string of the molecule is O=C(O)COc1cccc(OC(=O)NN2CCCCC2)c1. The summed E-state index contributed by atoms with van der Waals surface area (Å²) in [5.41, 5.74) is 2.67. The summed E-state index contributed by atoms with van der Waals surface area (Å²) in [6, 6.07) is 6.29. The van der Waals surface area contributed by atoms with Crippen LogP contribution >= 0.6 is 0 Å². The van der Waals surface area contributed by atoms with E-state index in [-0.39, 0.29) is 0 Å². The number of carboxylic acid groups (broad SMARTS) is 1. The van der Waals surface area contributed by atoms with E-state index in [1.807, 2.05) is 5.01 Å². The van der Waals surface area contributed by atoms with Crippen molar-refractivity contribution < 1.29 is 24.2 Å². The molecule has 7 heteroatoms. The van der Waals surface area contributed by atoms with Crippen molar-refractivity contribution >= 4 is 12.1 Å². The van der Waals surface area contributed by atoms with Crippen LogP contribution in [0.15, 0.2) is 24.3 Å². The van der Waals surface area contributed by atoms with Crippen molar-refractivity contribution in [1.29, 1.82) is 0 Å². The molecule has 0 radical (unpaired) electrons. The summed E-state index contributed by atoms with van der Waals surface area (Å²) in [6.07, 6.45) is 2.72. The lowest BCUT2D eigenvalue weighted by molar-refractivity contribution is -0.139. The Labute approximate surface area is 122 Å². The Morgan fingerprint density at radius 2 is 1.90 bits per heavy atom. The van der Waals surface area contributed by atoms with Crippen LogP contribution in [0.4, 0.5) is 4.79 Å². The number of hydrogen-bond acceptors (Lipinski definition) is 5. The number of piperidine rings is 1. The summed E-state index contributed by atoms with van der Waals surface area (Å²) in [5, 5.41) is 10.4. The Morgan fingerprint density at radius 1 is 1.19 bits per heavy atom. The number of amides is 1. The van der Waals surface area contributed by atoms with E-state index in [9.17, 15) is 9.59 Å². The Balaban J connectivity index is 1.85. The Kier molecular flexibility index (Phi) is 5.39. The zero-order chi connectivity index (χ0) is 15.1. The number of carbonyl (C=O) groups is 2. The van der Waals surface area contributed by atoms with Gasteiger partial charge in [0.15, 0.2) is 6.61 Å². The molecule has 2 N–H and O–H groups in total. The number of hydrogen-bond donors (Lipinski definition) is 2. The minimum Gasteiger partial charge on any atom is -0.482 e. The van der Waals surface area contributed by atoms with Crippen molar-refractivity contribution in [2.45, 2.75) is 19.3 Å². The highest BCUT2D eigenvalue weighted by Gasteiger charge is 2.14. The lowest BCUT2D eigenvalue weighted by Crippen LogP contribution is -2.46. The van der Waals surface area contributed by atoms with Gasteiger partial charge in [-0.05, 0) is 25.0 Å². The molecule has 1 heterocycles. The first-order valence-electron chi connectivity index (χ1n) is 6.81. The quantitative estimate of drug-likeness (QED) is 0.858. The standard InChI is InChI=1S/C14H18N2O5/c17-13(18)10-20-11-5-4-6-12(9-11)21-14(19)15-16-7-2-1-3-8-16/h4-6,9H,1-3,7-8,10H2,(H,15,19)(H,17,18). The number of rotatable bonds is 5. The third kappa shape index (κ3) is 5.31. The molecule has 0 atom stereocenters. The zero-order valence-corrected chi connectivity index (χ0v) is 11.6. The molecule has 21 heavy (non-hydrogen) atoms. The van der Waals surface area contributed by atoms with Gasteiger partial charge in [0.1, 0.15) is 11.5 Å². The molecule has 0 saturated carbocycles. The molecular weight excluding hydrogens is 276 g/mol. The summed E-state index contributed by atoms with van der Waals surface area (Å²) in [5.74, 6) is -0.433. The molecule has 1 amide bonds. The van der Waals surface area contributed by atoms with Crippen LogP contribution in [-0.4, -0.2) is 41.9 Å². The number of ether oxygens (including phenoxy) is 2. The summed E-state index contributed by atoms with van der Waals surface area (Å²) in [4.78, 5) is 22.2. The second kappa shape index (κ2) is 7.49. The van der Waals surface area contributed by atoms with Crippen LogP contribution in [0.5, 0.6) is 11.5 Å². The first-order chi connectivity index (χ1) is 10.1. The molecular formula is C14H18N2O5. The third-order valence-electron chi connectivity index (χ3n) is 2.98. The fraction of sp³-hybridized carbons (Fsp3) is 0.429. The Hall–Kier alpha value is -2.28. The fourth-order valence-corrected chi connectivity index (χ4v) is 2.04. The predicted octanol–water partition coefficient (Wildman–Crippen LogP) is 1.64. The zero-order valence-electron chi connectivity index (χ0n) is 11.6. The number of benzene rings is 1. The summed E-state index contributed by atoms with van der Waals surface area (Å²) in [7, 11) is 0. The lowest BCUT2D eigenvalue weighted by Gasteiger charge is -2.26. The van der Waals surface area contributed by atoms with Gasteiger partial charge in [0.2, 0.25) is 0 Å². The van der Waals surface area contributed by atoms with E-state index in [4.69, 9.17) is 14.6 Å². The molecule has 2 rings (SSSR count). The van der Waals surface area contributed by atoms with E-state index in [1.54, 1.807) is 18.2 Å². The monoisotopic (exact) mass is 294 g/mol. The number of aliphatic carboxylic acids is 1. The average Bonchev–Trinajstić information content (AvgIpc) is 2.46. The average molecular weight is 294 g/mol. The number of nitrogens with one attached hydrogen (secondary N) is 1. The number of carbonyl (C=O) groups excluding carboxylic acids is 1. The van der Waals surface area contributed by atoms with Gasteiger partial charge in [0, 0.05) is 19.2 Å². The summed E-state index contributed by atoms with van der Waals surface area (Å²) in [6.45, 7) is 1.19. The van der Waals surface area contributed by atoms with Crippen molar-refractivity contribution in [2.24, 2.45) is 0 Å². The molecule has 0 aliphatic carbocycles. The first-order valence-corrected chi connectivity index (χ1v) is 6.81. The molecule has 7 nitrogen and oxygen atoms in total. The van der Waals surface area contributed by atoms with Crippen molar-refractivity contribution in [1.82, 2.24) is 10.4 Å². The molecule has 1 aromatic carbocycles. The number of nitrogens with zero attached hydrogens (tertiary/aromatic N) is 1. The van der Waals surface area contributed by atoms with Gasteiger partial charge >= 0.3 is 12.1 Å². The second-order valence-electron chi connectivity index (χ2n) is 4.71. The predicted molar refractivity (Wildman–Crippen MR) is 74.2 cm³/mol. The molecule has 0 aromatic heterocycles. The van der Waals surface area contributed by atoms with Crippen molar-refractivity contribution in [3.63, 3.8) is 0 Å². The fourth-order valence-electron chi connectivity index (χ4n) is 2.04. The highest BCUT2D eigenvalue weighted by Crippen LogP contribution is 2.19. The number of hydrazine groups is 1. The van der Waals surface area contributed by atoms with Crippen LogP contribution in [-0.2, 0) is 4.79 Å². The van der Waals surface area contributed by atoms with Crippen LogP contribution in [0.1, 0.15) is 19.3 Å². The smallest absolute Gasteiger partial charge is 0.427 e. The Morgan fingerprint density at radius 3 is 2.62 bits per heavy atom. The molecule has 0 spiro atoms. The molecule has 1 aliphatic rings. The maximum absolute atomic E-state index is 11.7. The van der Waals surface area contributed by atoms with E-state index in [1.165, 1.54) is 12.5 Å². The van der Waals surface area contributed by atoms with E-state index >= 15 is 0 Å². The van der Waals surface area contributed by atoms with Crippen LogP contribution in [0.25, 0.3) is 0 Å². The summed E-state index contributed by atoms with van der Waals surface area (Å²) < 4.78 is 10.2. The van der Waals surface area contributed by atoms with Crippen LogP contribution in [0, 0.1) is 0 Å². The van der Waals surface area contributed by atoms with E-state index in [0.29, 0.717) is 11.5 Å². The van der Waals surface area contributed by atoms with Crippen LogP contribution in [0.2, 0.25) is 0 Å². The number of carboxylic acids is 1. The molecule has 1 saturated heterocycles. The third-order valence-corrected chi connectivity index (χ3v) is 2.98. The first kappa shape index (κ1) is 15.1. The molecule has 0 bridgehead atoms. The lowest BCUT2D eigenvalue weighted by atomic mass is 10.2. The van der Waals surface area contributed by atoms with Crippen molar-refractivity contribution in [2.75, 3.05) is 19.7 Å². The van der Waals surface area contributed by atoms with Crippen molar-refractivity contribution in [3.05, 3.63) is 24.3 Å². The molecule has 1 aliphatic heterocycles. The van der Waals surface area contributed by atoms with Gasteiger partial charge in [0.05, 0.1) is 0 Å².